The van der Waals surface area contributed by atoms with Gasteiger partial charge in [-0.1, -0.05) is 13.8 Å². The first-order valence-corrected chi connectivity index (χ1v) is 3.63. The molecule has 0 radical (unpaired) electrons. The van der Waals surface area contributed by atoms with Crippen LogP contribution in [-0.2, 0) is 0 Å². The van der Waals surface area contributed by atoms with E-state index in [2.05, 4.69) is 24.2 Å². The molecule has 1 aromatic rings. The Morgan fingerprint density at radius 2 is 2.22 bits per heavy atom. The Balaban J connectivity index is 0.000000640. The van der Waals surface area contributed by atoms with Crippen LogP contribution in [0, 0.1) is 0 Å². The molecule has 0 unspecified atom stereocenters. The highest BCUT2D eigenvalue weighted by Gasteiger charge is 1.97. The van der Waals surface area contributed by atoms with Gasteiger partial charge in [0.1, 0.15) is 0 Å². The first-order chi connectivity index (χ1) is 3.80. The predicted octanol–water partition coefficient (Wildman–Crippen LogP) is 2.69. The van der Waals surface area contributed by atoms with E-state index in [1.165, 1.54) is 5.69 Å². The first kappa shape index (κ1) is 8.92. The maximum Gasteiger partial charge on any atom is 0.0794 e. The van der Waals surface area contributed by atoms with Crippen LogP contribution in [0.4, 0.5) is 0 Å². The summed E-state index contributed by atoms with van der Waals surface area (Å²) in [5.41, 5.74) is 3.07. The second kappa shape index (κ2) is 3.85. The maximum atomic E-state index is 4.13. The van der Waals surface area contributed by atoms with Gasteiger partial charge in [0.25, 0.3) is 0 Å². The van der Waals surface area contributed by atoms with Crippen LogP contribution in [0.5, 0.6) is 0 Å². The molecule has 0 aliphatic carbocycles. The zero-order valence-corrected chi connectivity index (χ0v) is 7.13. The van der Waals surface area contributed by atoms with E-state index < -0.39 is 0 Å². The number of aromatic nitrogens is 1. The Kier molecular flexibility index (Phi) is 3.82. The van der Waals surface area contributed by atoms with E-state index in [-0.39, 0.29) is 12.4 Å². The summed E-state index contributed by atoms with van der Waals surface area (Å²) in [4.78, 5) is 4.13. The smallest absolute Gasteiger partial charge is 0.0794 e. The van der Waals surface area contributed by atoms with Crippen LogP contribution in [0.1, 0.15) is 25.5 Å². The second-order valence-corrected chi connectivity index (χ2v) is 2.79. The summed E-state index contributed by atoms with van der Waals surface area (Å²) in [6.45, 7) is 4.30. The van der Waals surface area contributed by atoms with Crippen LogP contribution in [0.25, 0.3) is 0 Å². The van der Waals surface area contributed by atoms with Crippen LogP contribution in [0.15, 0.2) is 10.9 Å². The van der Waals surface area contributed by atoms with Crippen LogP contribution in [0.2, 0.25) is 0 Å². The molecule has 0 fully saturated rings. The summed E-state index contributed by atoms with van der Waals surface area (Å²) < 4.78 is 0. The molecule has 0 aliphatic rings. The maximum absolute atomic E-state index is 4.13. The standard InChI is InChI=1S/C6H9NS.ClH/c1-5(2)6-3-8-4-7-6;/h3-5H,1-2H3;1H. The van der Waals surface area contributed by atoms with Crippen molar-refractivity contribution in [2.24, 2.45) is 0 Å². The molecule has 0 spiro atoms. The zero-order chi connectivity index (χ0) is 5.98. The van der Waals surface area contributed by atoms with Gasteiger partial charge in [0, 0.05) is 5.38 Å². The first-order valence-electron chi connectivity index (χ1n) is 2.69. The van der Waals surface area contributed by atoms with E-state index >= 15 is 0 Å². The van der Waals surface area contributed by atoms with E-state index in [0.717, 1.165) is 0 Å². The molecule has 9 heavy (non-hydrogen) atoms. The molecule has 0 N–H and O–H groups in total. The Labute approximate surface area is 65.5 Å². The molecule has 0 aliphatic heterocycles. The summed E-state index contributed by atoms with van der Waals surface area (Å²) in [5, 5.41) is 2.09. The van der Waals surface area contributed by atoms with Crippen molar-refractivity contribution >= 4 is 23.7 Å². The quantitative estimate of drug-likeness (QED) is 0.621. The summed E-state index contributed by atoms with van der Waals surface area (Å²) >= 11 is 1.66. The highest BCUT2D eigenvalue weighted by Crippen LogP contribution is 2.12. The number of halogens is 1. The Morgan fingerprint density at radius 3 is 2.44 bits per heavy atom. The number of hydrogen-bond acceptors (Lipinski definition) is 2. The molecule has 1 heterocycles. The Morgan fingerprint density at radius 1 is 1.56 bits per heavy atom. The van der Waals surface area contributed by atoms with Crippen molar-refractivity contribution in [3.8, 4) is 0 Å². The third-order valence-electron chi connectivity index (χ3n) is 1.04. The van der Waals surface area contributed by atoms with Gasteiger partial charge in [0.2, 0.25) is 0 Å². The minimum Gasteiger partial charge on any atom is -0.249 e. The van der Waals surface area contributed by atoms with Crippen molar-refractivity contribution in [3.05, 3.63) is 16.6 Å². The number of rotatable bonds is 1. The van der Waals surface area contributed by atoms with Gasteiger partial charge < -0.3 is 0 Å². The molecule has 3 heteroatoms. The molecule has 0 bridgehead atoms. The fraction of sp³-hybridized carbons (Fsp3) is 0.500. The van der Waals surface area contributed by atoms with Crippen LogP contribution in [-0.4, -0.2) is 4.98 Å². The SMILES string of the molecule is CC(C)c1cscn1.Cl. The fourth-order valence-corrected chi connectivity index (χ4v) is 1.22. The lowest BCUT2D eigenvalue weighted by Crippen LogP contribution is -1.83. The molecule has 0 saturated heterocycles. The van der Waals surface area contributed by atoms with Crippen LogP contribution >= 0.6 is 23.7 Å². The summed E-state index contributed by atoms with van der Waals surface area (Å²) in [5.74, 6) is 0.584. The average molecular weight is 164 g/mol. The summed E-state index contributed by atoms with van der Waals surface area (Å²) in [6, 6.07) is 0. The topological polar surface area (TPSA) is 12.9 Å². The van der Waals surface area contributed by atoms with Gasteiger partial charge in [0.15, 0.2) is 0 Å². The van der Waals surface area contributed by atoms with Crippen molar-refractivity contribution in [1.29, 1.82) is 0 Å². The third-order valence-corrected chi connectivity index (χ3v) is 1.65. The highest BCUT2D eigenvalue weighted by molar-refractivity contribution is 7.07. The van der Waals surface area contributed by atoms with Gasteiger partial charge >= 0.3 is 0 Å². The van der Waals surface area contributed by atoms with Gasteiger partial charge in [-0.15, -0.1) is 23.7 Å². The zero-order valence-electron chi connectivity index (χ0n) is 5.50. The van der Waals surface area contributed by atoms with E-state index in [1.54, 1.807) is 11.3 Å². The van der Waals surface area contributed by atoms with E-state index in [9.17, 15) is 0 Å². The minimum atomic E-state index is 0. The Hall–Kier alpha value is -0.0800. The predicted molar refractivity (Wildman–Crippen MR) is 43.5 cm³/mol. The molecule has 0 atom stereocenters. The van der Waals surface area contributed by atoms with Gasteiger partial charge in [-0.05, 0) is 5.92 Å². The molecule has 0 aromatic carbocycles. The second-order valence-electron chi connectivity index (χ2n) is 2.07. The van der Waals surface area contributed by atoms with Gasteiger partial charge in [-0.3, -0.25) is 0 Å². The molecule has 1 nitrogen and oxygen atoms in total. The normalized spacial score (nSPS) is 9.22. The van der Waals surface area contributed by atoms with Crippen molar-refractivity contribution in [1.82, 2.24) is 4.98 Å². The van der Waals surface area contributed by atoms with E-state index in [4.69, 9.17) is 0 Å². The molecule has 1 aromatic heterocycles. The number of hydrogen-bond donors (Lipinski definition) is 0. The number of thiazole rings is 1. The average Bonchev–Trinajstić information content (AvgIpc) is 2.12. The van der Waals surface area contributed by atoms with Gasteiger partial charge in [-0.25, -0.2) is 4.98 Å². The molecular formula is C6H10ClNS. The lowest BCUT2D eigenvalue weighted by atomic mass is 10.2. The largest absolute Gasteiger partial charge is 0.249 e. The molecule has 52 valence electrons. The van der Waals surface area contributed by atoms with Crippen LogP contribution < -0.4 is 0 Å². The van der Waals surface area contributed by atoms with Gasteiger partial charge in [-0.2, -0.15) is 0 Å². The lowest BCUT2D eigenvalue weighted by molar-refractivity contribution is 0.833. The monoisotopic (exact) mass is 163 g/mol. The molecule has 0 saturated carbocycles. The van der Waals surface area contributed by atoms with Crippen molar-refractivity contribution < 1.29 is 0 Å². The van der Waals surface area contributed by atoms with Crippen LogP contribution in [0.3, 0.4) is 0 Å². The highest BCUT2D eigenvalue weighted by atomic mass is 35.5. The summed E-state index contributed by atoms with van der Waals surface area (Å²) in [6.07, 6.45) is 0. The molecule has 0 amide bonds. The minimum absolute atomic E-state index is 0. The number of nitrogens with zero attached hydrogens (tertiary/aromatic N) is 1. The molecule has 1 rings (SSSR count). The van der Waals surface area contributed by atoms with Crippen molar-refractivity contribution in [2.45, 2.75) is 19.8 Å². The lowest BCUT2D eigenvalue weighted by Gasteiger charge is -1.94. The fourth-order valence-electron chi connectivity index (χ4n) is 0.507. The van der Waals surface area contributed by atoms with Gasteiger partial charge in [0.05, 0.1) is 11.2 Å². The van der Waals surface area contributed by atoms with Crippen molar-refractivity contribution in [3.63, 3.8) is 0 Å². The summed E-state index contributed by atoms with van der Waals surface area (Å²) in [7, 11) is 0. The Bertz CT molecular complexity index is 148. The third kappa shape index (κ3) is 2.33. The van der Waals surface area contributed by atoms with E-state index in [0.29, 0.717) is 5.92 Å². The van der Waals surface area contributed by atoms with E-state index in [1.807, 2.05) is 5.51 Å². The van der Waals surface area contributed by atoms with Crippen molar-refractivity contribution in [2.75, 3.05) is 0 Å². The molecular weight excluding hydrogens is 154 g/mol.